The van der Waals surface area contributed by atoms with Gasteiger partial charge in [0.15, 0.2) is 0 Å². The van der Waals surface area contributed by atoms with Crippen LogP contribution in [0.5, 0.6) is 5.75 Å². The van der Waals surface area contributed by atoms with E-state index in [-0.39, 0.29) is 13.2 Å². The molecule has 0 amide bonds. The number of aromatic nitrogens is 1. The number of hydrogen-bond acceptors (Lipinski definition) is 5. The van der Waals surface area contributed by atoms with Crippen molar-refractivity contribution in [2.75, 3.05) is 25.6 Å². The Morgan fingerprint density at radius 3 is 2.89 bits per heavy atom. The average molecular weight is 248 g/mol. The van der Waals surface area contributed by atoms with Crippen LogP contribution in [0.25, 0.3) is 10.8 Å². The molecule has 2 rings (SSSR count). The fraction of sp³-hybridized carbons (Fsp3) is 0.308. The number of hydrogen-bond donors (Lipinski definition) is 3. The molecule has 2 aromatic rings. The number of aliphatic hydroxyl groups excluding tert-OH is 2. The highest BCUT2D eigenvalue weighted by Crippen LogP contribution is 2.28. The van der Waals surface area contributed by atoms with Gasteiger partial charge in [0, 0.05) is 23.5 Å². The number of fused-ring (bicyclic) bond motifs is 1. The first-order valence-electron chi connectivity index (χ1n) is 5.70. The second-order valence-electron chi connectivity index (χ2n) is 3.93. The predicted octanol–water partition coefficient (Wildman–Crippen LogP) is 1.01. The zero-order chi connectivity index (χ0) is 13.0. The summed E-state index contributed by atoms with van der Waals surface area (Å²) in [5.41, 5.74) is 0. The van der Waals surface area contributed by atoms with Crippen molar-refractivity contribution in [2.24, 2.45) is 0 Å². The molecule has 1 aromatic heterocycles. The van der Waals surface area contributed by atoms with E-state index in [1.807, 2.05) is 24.3 Å². The minimum absolute atomic E-state index is 0.250. The Labute approximate surface area is 105 Å². The SMILES string of the molecule is COc1cccc2c(NCC(O)CO)nccc12. The van der Waals surface area contributed by atoms with E-state index in [1.54, 1.807) is 13.3 Å². The monoisotopic (exact) mass is 248 g/mol. The number of nitrogens with one attached hydrogen (secondary N) is 1. The number of benzene rings is 1. The highest BCUT2D eigenvalue weighted by Gasteiger charge is 2.07. The molecule has 0 aliphatic rings. The standard InChI is InChI=1S/C13H16N2O3/c1-18-12-4-2-3-11-10(12)5-6-14-13(11)15-7-9(17)8-16/h2-6,9,16-17H,7-8H2,1H3,(H,14,15). The van der Waals surface area contributed by atoms with Crippen LogP contribution in [0.2, 0.25) is 0 Å². The van der Waals surface area contributed by atoms with E-state index in [4.69, 9.17) is 9.84 Å². The summed E-state index contributed by atoms with van der Waals surface area (Å²) < 4.78 is 5.28. The van der Waals surface area contributed by atoms with Crippen LogP contribution >= 0.6 is 0 Å². The van der Waals surface area contributed by atoms with E-state index in [1.165, 1.54) is 0 Å². The van der Waals surface area contributed by atoms with Crippen molar-refractivity contribution in [1.82, 2.24) is 4.98 Å². The Hall–Kier alpha value is -1.85. The van der Waals surface area contributed by atoms with Crippen LogP contribution in [0.4, 0.5) is 5.82 Å². The van der Waals surface area contributed by atoms with Crippen molar-refractivity contribution in [3.05, 3.63) is 30.5 Å². The molecule has 1 unspecified atom stereocenters. The topological polar surface area (TPSA) is 74.6 Å². The van der Waals surface area contributed by atoms with Crippen LogP contribution in [0.15, 0.2) is 30.5 Å². The number of ether oxygens (including phenoxy) is 1. The lowest BCUT2D eigenvalue weighted by molar-refractivity contribution is 0.105. The second kappa shape index (κ2) is 5.66. The fourth-order valence-electron chi connectivity index (χ4n) is 1.78. The van der Waals surface area contributed by atoms with Gasteiger partial charge in [0.05, 0.1) is 19.8 Å². The van der Waals surface area contributed by atoms with Crippen LogP contribution in [0.1, 0.15) is 0 Å². The van der Waals surface area contributed by atoms with Crippen LogP contribution in [0.3, 0.4) is 0 Å². The van der Waals surface area contributed by atoms with Crippen molar-refractivity contribution >= 4 is 16.6 Å². The van der Waals surface area contributed by atoms with Gasteiger partial charge in [-0.2, -0.15) is 0 Å². The number of nitrogens with zero attached hydrogens (tertiary/aromatic N) is 1. The van der Waals surface area contributed by atoms with Gasteiger partial charge in [-0.15, -0.1) is 0 Å². The smallest absolute Gasteiger partial charge is 0.134 e. The summed E-state index contributed by atoms with van der Waals surface area (Å²) in [7, 11) is 1.62. The van der Waals surface area contributed by atoms with E-state index in [0.29, 0.717) is 5.82 Å². The van der Waals surface area contributed by atoms with E-state index < -0.39 is 6.10 Å². The summed E-state index contributed by atoms with van der Waals surface area (Å²) in [4.78, 5) is 4.23. The summed E-state index contributed by atoms with van der Waals surface area (Å²) in [6, 6.07) is 7.57. The minimum Gasteiger partial charge on any atom is -0.496 e. The van der Waals surface area contributed by atoms with Gasteiger partial charge < -0.3 is 20.3 Å². The first-order valence-corrected chi connectivity index (χ1v) is 5.70. The molecule has 5 heteroatoms. The van der Waals surface area contributed by atoms with Crippen molar-refractivity contribution in [2.45, 2.75) is 6.10 Å². The third kappa shape index (κ3) is 2.52. The number of rotatable bonds is 5. The van der Waals surface area contributed by atoms with Crippen molar-refractivity contribution in [3.63, 3.8) is 0 Å². The molecule has 18 heavy (non-hydrogen) atoms. The van der Waals surface area contributed by atoms with Gasteiger partial charge in [-0.25, -0.2) is 4.98 Å². The lowest BCUT2D eigenvalue weighted by atomic mass is 10.1. The maximum atomic E-state index is 9.33. The highest BCUT2D eigenvalue weighted by molar-refractivity contribution is 5.95. The van der Waals surface area contributed by atoms with Gasteiger partial charge in [-0.05, 0) is 12.1 Å². The Morgan fingerprint density at radius 1 is 1.33 bits per heavy atom. The van der Waals surface area contributed by atoms with Gasteiger partial charge in [-0.1, -0.05) is 12.1 Å². The molecule has 3 N–H and O–H groups in total. The average Bonchev–Trinajstić information content (AvgIpc) is 2.43. The molecule has 0 bridgehead atoms. The van der Waals surface area contributed by atoms with Gasteiger partial charge in [0.25, 0.3) is 0 Å². The molecule has 96 valence electrons. The molecule has 0 aliphatic heterocycles. The van der Waals surface area contributed by atoms with E-state index >= 15 is 0 Å². The molecular weight excluding hydrogens is 232 g/mol. The number of aliphatic hydroxyl groups is 2. The molecule has 0 aliphatic carbocycles. The largest absolute Gasteiger partial charge is 0.496 e. The Morgan fingerprint density at radius 2 is 2.17 bits per heavy atom. The lowest BCUT2D eigenvalue weighted by Crippen LogP contribution is -2.23. The third-order valence-corrected chi connectivity index (χ3v) is 2.70. The molecule has 0 saturated heterocycles. The summed E-state index contributed by atoms with van der Waals surface area (Å²) in [5.74, 6) is 1.44. The zero-order valence-electron chi connectivity index (χ0n) is 10.1. The summed E-state index contributed by atoms with van der Waals surface area (Å²) in [6.45, 7) is -0.0269. The van der Waals surface area contributed by atoms with E-state index in [0.717, 1.165) is 16.5 Å². The highest BCUT2D eigenvalue weighted by atomic mass is 16.5. The van der Waals surface area contributed by atoms with Crippen molar-refractivity contribution in [1.29, 1.82) is 0 Å². The first-order chi connectivity index (χ1) is 8.76. The molecule has 1 atom stereocenters. The predicted molar refractivity (Wildman–Crippen MR) is 69.9 cm³/mol. The van der Waals surface area contributed by atoms with Crippen LogP contribution < -0.4 is 10.1 Å². The van der Waals surface area contributed by atoms with Crippen LogP contribution in [-0.4, -0.2) is 41.6 Å². The fourth-order valence-corrected chi connectivity index (χ4v) is 1.78. The normalized spacial score (nSPS) is 12.4. The lowest BCUT2D eigenvalue weighted by Gasteiger charge is -2.12. The third-order valence-electron chi connectivity index (χ3n) is 2.70. The zero-order valence-corrected chi connectivity index (χ0v) is 10.1. The number of pyridine rings is 1. The molecule has 0 radical (unpaired) electrons. The van der Waals surface area contributed by atoms with Gasteiger partial charge in [-0.3, -0.25) is 0 Å². The van der Waals surface area contributed by atoms with Crippen LogP contribution in [0, 0.1) is 0 Å². The quantitative estimate of drug-likeness (QED) is 0.736. The van der Waals surface area contributed by atoms with Crippen molar-refractivity contribution < 1.29 is 14.9 Å². The van der Waals surface area contributed by atoms with Gasteiger partial charge >= 0.3 is 0 Å². The molecule has 0 saturated carbocycles. The summed E-state index contributed by atoms with van der Waals surface area (Å²) in [6.07, 6.45) is 0.881. The Balaban J connectivity index is 2.34. The molecule has 1 aromatic carbocycles. The van der Waals surface area contributed by atoms with E-state index in [9.17, 15) is 5.11 Å². The summed E-state index contributed by atoms with van der Waals surface area (Å²) >= 11 is 0. The van der Waals surface area contributed by atoms with Crippen LogP contribution in [-0.2, 0) is 0 Å². The molecular formula is C13H16N2O3. The van der Waals surface area contributed by atoms with Crippen molar-refractivity contribution in [3.8, 4) is 5.75 Å². The molecule has 0 fully saturated rings. The minimum atomic E-state index is -0.798. The maximum Gasteiger partial charge on any atom is 0.134 e. The maximum absolute atomic E-state index is 9.33. The number of methoxy groups -OCH3 is 1. The van der Waals surface area contributed by atoms with E-state index in [2.05, 4.69) is 10.3 Å². The number of anilines is 1. The Kier molecular flexibility index (Phi) is 3.96. The van der Waals surface area contributed by atoms with Gasteiger partial charge in [0.1, 0.15) is 11.6 Å². The molecule has 0 spiro atoms. The Bertz CT molecular complexity index is 531. The summed E-state index contributed by atoms with van der Waals surface area (Å²) in [5, 5.41) is 23.0. The molecule has 1 heterocycles. The first kappa shape index (κ1) is 12.6. The second-order valence-corrected chi connectivity index (χ2v) is 3.93. The van der Waals surface area contributed by atoms with Gasteiger partial charge in [0.2, 0.25) is 0 Å². The molecule has 5 nitrogen and oxygen atoms in total.